The number of pyridine rings is 1. The number of ether oxygens (including phenoxy) is 1. The second-order valence-corrected chi connectivity index (χ2v) is 10.2. The van der Waals surface area contributed by atoms with Crippen LogP contribution >= 0.6 is 0 Å². The number of methoxy groups -OCH3 is 1. The van der Waals surface area contributed by atoms with Gasteiger partial charge in [-0.3, -0.25) is 24.2 Å². The molecule has 0 saturated heterocycles. The van der Waals surface area contributed by atoms with Crippen LogP contribution in [0.4, 0.5) is 17.6 Å². The van der Waals surface area contributed by atoms with E-state index in [0.717, 1.165) is 0 Å². The number of carbonyl (C=O) groups excluding carboxylic acids is 4. The maximum Gasteiger partial charge on any atom is 0.450 e. The first-order valence-electron chi connectivity index (χ1n) is 13.3. The normalized spacial score (nSPS) is 13.5. The molecule has 8 nitrogen and oxygen atoms in total. The summed E-state index contributed by atoms with van der Waals surface area (Å²) in [5, 5.41) is 5.08. The highest BCUT2D eigenvalue weighted by atomic mass is 19.4. The van der Waals surface area contributed by atoms with Gasteiger partial charge in [-0.2, -0.15) is 13.2 Å². The first-order valence-corrected chi connectivity index (χ1v) is 13.3. The summed E-state index contributed by atoms with van der Waals surface area (Å²) >= 11 is 0. The molecule has 2 amide bonds. The molecule has 12 heteroatoms. The zero-order valence-electron chi connectivity index (χ0n) is 23.7. The number of Topliss-reactive ketones (excluding diaryl/α,β-unsaturated/α-hetero) is 2. The van der Waals surface area contributed by atoms with E-state index in [-0.39, 0.29) is 17.7 Å². The van der Waals surface area contributed by atoms with Crippen molar-refractivity contribution in [3.8, 4) is 5.75 Å². The number of halogens is 4. The summed E-state index contributed by atoms with van der Waals surface area (Å²) in [6.07, 6.45) is -4.77. The molecule has 0 unspecified atom stereocenters. The summed E-state index contributed by atoms with van der Waals surface area (Å²) in [6.45, 7) is 2.79. The van der Waals surface area contributed by atoms with E-state index in [1.165, 1.54) is 75.7 Å². The van der Waals surface area contributed by atoms with Crippen LogP contribution in [-0.2, 0) is 20.8 Å². The average molecular weight is 602 g/mol. The third-order valence-corrected chi connectivity index (χ3v) is 6.75. The quantitative estimate of drug-likeness (QED) is 0.273. The molecule has 0 aliphatic rings. The number of amides is 2. The van der Waals surface area contributed by atoms with Gasteiger partial charge in [-0.25, -0.2) is 4.39 Å². The maximum absolute atomic E-state index is 13.9. The summed E-state index contributed by atoms with van der Waals surface area (Å²) in [7, 11) is 1.41. The lowest BCUT2D eigenvalue weighted by Crippen LogP contribution is -2.50. The Balaban J connectivity index is 1.96. The molecule has 0 radical (unpaired) electrons. The Bertz CT molecular complexity index is 1430. The molecule has 0 bridgehead atoms. The number of benzene rings is 2. The van der Waals surface area contributed by atoms with E-state index < -0.39 is 65.7 Å². The van der Waals surface area contributed by atoms with E-state index in [0.29, 0.717) is 11.3 Å². The van der Waals surface area contributed by atoms with Gasteiger partial charge in [0.15, 0.2) is 5.78 Å². The Labute approximate surface area is 245 Å². The van der Waals surface area contributed by atoms with Crippen molar-refractivity contribution in [2.45, 2.75) is 44.9 Å². The number of hydrogen-bond donors (Lipinski definition) is 2. The number of carbonyl (C=O) groups is 4. The lowest BCUT2D eigenvalue weighted by atomic mass is 9.84. The van der Waals surface area contributed by atoms with Crippen molar-refractivity contribution < 1.29 is 41.5 Å². The summed E-state index contributed by atoms with van der Waals surface area (Å²) in [4.78, 5) is 56.2. The molecule has 43 heavy (non-hydrogen) atoms. The minimum atomic E-state index is -5.15. The van der Waals surface area contributed by atoms with Gasteiger partial charge in [0.05, 0.1) is 7.11 Å². The molecule has 1 heterocycles. The lowest BCUT2D eigenvalue weighted by molar-refractivity contribution is -0.177. The predicted molar refractivity (Wildman–Crippen MR) is 148 cm³/mol. The summed E-state index contributed by atoms with van der Waals surface area (Å²) in [6, 6.07) is 13.0. The van der Waals surface area contributed by atoms with E-state index in [4.69, 9.17) is 4.74 Å². The molecule has 0 spiro atoms. The van der Waals surface area contributed by atoms with Crippen LogP contribution in [0.25, 0.3) is 0 Å². The van der Waals surface area contributed by atoms with Crippen LogP contribution in [0.15, 0.2) is 72.9 Å². The highest BCUT2D eigenvalue weighted by molar-refractivity contribution is 5.98. The highest BCUT2D eigenvalue weighted by Crippen LogP contribution is 2.30. The Kier molecular flexibility index (Phi) is 11.1. The van der Waals surface area contributed by atoms with Gasteiger partial charge >= 0.3 is 6.18 Å². The zero-order chi connectivity index (χ0) is 31.7. The number of nitrogens with one attached hydrogen (secondary N) is 2. The Morgan fingerprint density at radius 3 is 2.19 bits per heavy atom. The molecule has 3 atom stereocenters. The van der Waals surface area contributed by atoms with Gasteiger partial charge in [0.25, 0.3) is 5.91 Å². The van der Waals surface area contributed by atoms with E-state index in [9.17, 15) is 36.7 Å². The molecular formula is C31H31F4N3O5. The number of alkyl halides is 3. The van der Waals surface area contributed by atoms with E-state index in [1.54, 1.807) is 18.2 Å². The standard InChI is InChI=1S/C31H31F4N3O5/c1-18(2)23(28(40)31(33,34)35)17-26(39)27(20-10-12-22(43-3)13-11-20)38-30(42)25(16-19-7-6-8-21(32)15-19)37-29(41)24-9-4-5-14-36-24/h4-15,18,23,25,27H,16-17H2,1-3H3,(H,37,41)(H,38,42)/t23-,25-,27-/m0/s1. The Hall–Kier alpha value is -4.61. The van der Waals surface area contributed by atoms with Gasteiger partial charge in [0.2, 0.25) is 11.7 Å². The topological polar surface area (TPSA) is 114 Å². The molecule has 0 fully saturated rings. The fourth-order valence-electron chi connectivity index (χ4n) is 4.40. The van der Waals surface area contributed by atoms with Crippen LogP contribution in [0.3, 0.4) is 0 Å². The summed E-state index contributed by atoms with van der Waals surface area (Å²) in [5.74, 6) is -7.15. The zero-order valence-corrected chi connectivity index (χ0v) is 23.7. The van der Waals surface area contributed by atoms with Crippen molar-refractivity contribution in [1.29, 1.82) is 0 Å². The second-order valence-electron chi connectivity index (χ2n) is 10.2. The highest BCUT2D eigenvalue weighted by Gasteiger charge is 2.45. The number of rotatable bonds is 13. The van der Waals surface area contributed by atoms with Crippen LogP contribution in [0.5, 0.6) is 5.75 Å². The molecule has 3 aromatic rings. The lowest BCUT2D eigenvalue weighted by Gasteiger charge is -2.26. The minimum absolute atomic E-state index is 0.00670. The largest absolute Gasteiger partial charge is 0.497 e. The predicted octanol–water partition coefficient (Wildman–Crippen LogP) is 4.79. The van der Waals surface area contributed by atoms with Crippen molar-refractivity contribution in [2.24, 2.45) is 11.8 Å². The minimum Gasteiger partial charge on any atom is -0.497 e. The van der Waals surface area contributed by atoms with Crippen molar-refractivity contribution in [1.82, 2.24) is 15.6 Å². The smallest absolute Gasteiger partial charge is 0.450 e. The van der Waals surface area contributed by atoms with Gasteiger partial charge in [-0.15, -0.1) is 0 Å². The van der Waals surface area contributed by atoms with Gasteiger partial charge in [-0.05, 0) is 53.4 Å². The van der Waals surface area contributed by atoms with Crippen LogP contribution < -0.4 is 15.4 Å². The van der Waals surface area contributed by atoms with E-state index in [1.807, 2.05) is 0 Å². The van der Waals surface area contributed by atoms with Crippen LogP contribution in [0, 0.1) is 17.7 Å². The molecule has 2 N–H and O–H groups in total. The van der Waals surface area contributed by atoms with Gasteiger partial charge in [-0.1, -0.05) is 44.2 Å². The third-order valence-electron chi connectivity index (χ3n) is 6.75. The number of aromatic nitrogens is 1. The van der Waals surface area contributed by atoms with E-state index in [2.05, 4.69) is 15.6 Å². The van der Waals surface area contributed by atoms with E-state index >= 15 is 0 Å². The van der Waals surface area contributed by atoms with Crippen LogP contribution in [0.2, 0.25) is 0 Å². The molecular weight excluding hydrogens is 570 g/mol. The van der Waals surface area contributed by atoms with Crippen LogP contribution in [0.1, 0.15) is 47.9 Å². The second kappa shape index (κ2) is 14.5. The monoisotopic (exact) mass is 601 g/mol. The van der Waals surface area contributed by atoms with Crippen LogP contribution in [-0.4, -0.2) is 47.7 Å². The first kappa shape index (κ1) is 32.9. The number of nitrogens with zero attached hydrogens (tertiary/aromatic N) is 1. The summed E-state index contributed by atoms with van der Waals surface area (Å²) < 4.78 is 59.0. The summed E-state index contributed by atoms with van der Waals surface area (Å²) in [5.41, 5.74) is 0.555. The molecule has 2 aromatic carbocycles. The Morgan fingerprint density at radius 2 is 1.63 bits per heavy atom. The fourth-order valence-corrected chi connectivity index (χ4v) is 4.40. The Morgan fingerprint density at radius 1 is 0.930 bits per heavy atom. The first-order chi connectivity index (χ1) is 20.3. The van der Waals surface area contributed by atoms with Gasteiger partial charge < -0.3 is 15.4 Å². The maximum atomic E-state index is 13.9. The molecule has 0 aliphatic carbocycles. The number of ketones is 2. The van der Waals surface area contributed by atoms with Crippen molar-refractivity contribution >= 4 is 23.4 Å². The van der Waals surface area contributed by atoms with Crippen molar-refractivity contribution in [2.75, 3.05) is 7.11 Å². The van der Waals surface area contributed by atoms with Crippen molar-refractivity contribution in [3.63, 3.8) is 0 Å². The molecule has 1 aromatic heterocycles. The average Bonchev–Trinajstić information content (AvgIpc) is 2.97. The van der Waals surface area contributed by atoms with Crippen molar-refractivity contribution in [3.05, 3.63) is 95.6 Å². The molecule has 0 aliphatic heterocycles. The SMILES string of the molecule is COc1ccc([C@H](NC(=O)[C@H](Cc2cccc(F)c2)NC(=O)c2ccccn2)C(=O)C[C@H](C(=O)C(F)(F)F)C(C)C)cc1. The molecule has 0 saturated carbocycles. The molecule has 228 valence electrons. The molecule has 3 rings (SSSR count). The fraction of sp³-hybridized carbons (Fsp3) is 0.323. The van der Waals surface area contributed by atoms with Gasteiger partial charge in [0.1, 0.15) is 29.3 Å². The third kappa shape index (κ3) is 9.19. The number of hydrogen-bond acceptors (Lipinski definition) is 6. The van der Waals surface area contributed by atoms with Gasteiger partial charge in [0, 0.05) is 25.0 Å².